The number of benzene rings is 1. The first kappa shape index (κ1) is 12.8. The number of piperidine rings is 1. The van der Waals surface area contributed by atoms with Crippen molar-refractivity contribution in [2.24, 2.45) is 0 Å². The van der Waals surface area contributed by atoms with Crippen molar-refractivity contribution < 1.29 is 9.59 Å². The van der Waals surface area contributed by atoms with Gasteiger partial charge in [-0.25, -0.2) is 0 Å². The highest BCUT2D eigenvalue weighted by Crippen LogP contribution is 2.05. The summed E-state index contributed by atoms with van der Waals surface area (Å²) in [5.74, 6) is 0.214. The summed E-state index contributed by atoms with van der Waals surface area (Å²) in [6.07, 6.45) is 1.52. The lowest BCUT2D eigenvalue weighted by atomic mass is 10.1. The maximum absolute atomic E-state index is 11.7. The molecule has 0 atom stereocenters. The molecule has 4 heteroatoms. The van der Waals surface area contributed by atoms with Gasteiger partial charge in [-0.3, -0.25) is 14.5 Å². The minimum Gasteiger partial charge on any atom is -0.351 e. The number of carbonyl (C=O) groups excluding carboxylic acids is 2. The fourth-order valence-corrected chi connectivity index (χ4v) is 2.10. The number of amides is 1. The Labute approximate surface area is 107 Å². The second kappa shape index (κ2) is 6.31. The van der Waals surface area contributed by atoms with Crippen LogP contribution in [0, 0.1) is 0 Å². The number of Topliss-reactive ketones (excluding diaryl/α,β-unsaturated/α-hetero) is 1. The largest absolute Gasteiger partial charge is 0.351 e. The van der Waals surface area contributed by atoms with E-state index >= 15 is 0 Å². The molecule has 0 radical (unpaired) electrons. The minimum atomic E-state index is -0.0199. The van der Waals surface area contributed by atoms with Gasteiger partial charge in [0.05, 0.1) is 13.1 Å². The monoisotopic (exact) mass is 246 g/mol. The van der Waals surface area contributed by atoms with Gasteiger partial charge in [0, 0.05) is 13.0 Å². The van der Waals surface area contributed by atoms with E-state index in [-0.39, 0.29) is 11.7 Å². The predicted molar refractivity (Wildman–Crippen MR) is 69.0 cm³/mol. The molecule has 0 aromatic heterocycles. The van der Waals surface area contributed by atoms with E-state index in [4.69, 9.17) is 0 Å². The molecule has 1 heterocycles. The molecule has 0 bridgehead atoms. The van der Waals surface area contributed by atoms with Crippen molar-refractivity contribution in [3.05, 3.63) is 35.9 Å². The van der Waals surface area contributed by atoms with Crippen molar-refractivity contribution in [2.75, 3.05) is 19.6 Å². The van der Waals surface area contributed by atoms with Crippen molar-refractivity contribution in [1.29, 1.82) is 0 Å². The average molecular weight is 246 g/mol. The Morgan fingerprint density at radius 3 is 2.78 bits per heavy atom. The van der Waals surface area contributed by atoms with E-state index in [1.165, 1.54) is 0 Å². The summed E-state index contributed by atoms with van der Waals surface area (Å²) in [6.45, 7) is 2.11. The van der Waals surface area contributed by atoms with Crippen LogP contribution in [0.2, 0.25) is 0 Å². The lowest BCUT2D eigenvalue weighted by Gasteiger charge is -2.24. The number of rotatable bonds is 4. The molecule has 1 amide bonds. The highest BCUT2D eigenvalue weighted by Gasteiger charge is 2.18. The van der Waals surface area contributed by atoms with Crippen molar-refractivity contribution in [3.8, 4) is 0 Å². The van der Waals surface area contributed by atoms with Gasteiger partial charge < -0.3 is 5.32 Å². The first-order chi connectivity index (χ1) is 8.74. The first-order valence-electron chi connectivity index (χ1n) is 6.29. The van der Waals surface area contributed by atoms with Crippen molar-refractivity contribution in [3.63, 3.8) is 0 Å². The number of hydrogen-bond acceptors (Lipinski definition) is 3. The van der Waals surface area contributed by atoms with Crippen LogP contribution in [0.4, 0.5) is 0 Å². The molecule has 4 nitrogen and oxygen atoms in total. The van der Waals surface area contributed by atoms with Crippen LogP contribution in [0.1, 0.15) is 18.4 Å². The lowest BCUT2D eigenvalue weighted by molar-refractivity contribution is -0.125. The van der Waals surface area contributed by atoms with E-state index in [1.54, 1.807) is 0 Å². The second-order valence-electron chi connectivity index (χ2n) is 4.62. The first-order valence-corrected chi connectivity index (χ1v) is 6.29. The highest BCUT2D eigenvalue weighted by molar-refractivity contribution is 5.83. The summed E-state index contributed by atoms with van der Waals surface area (Å²) in [4.78, 5) is 24.9. The van der Waals surface area contributed by atoms with Gasteiger partial charge in [0.1, 0.15) is 5.78 Å². The molecular weight excluding hydrogens is 228 g/mol. The Bertz CT molecular complexity index is 417. The van der Waals surface area contributed by atoms with Crippen LogP contribution in [-0.2, 0) is 16.1 Å². The number of carbonyl (C=O) groups is 2. The summed E-state index contributed by atoms with van der Waals surface area (Å²) in [7, 11) is 0. The zero-order valence-electron chi connectivity index (χ0n) is 10.4. The number of hydrogen-bond donors (Lipinski definition) is 1. The third-order valence-corrected chi connectivity index (χ3v) is 3.03. The van der Waals surface area contributed by atoms with Gasteiger partial charge >= 0.3 is 0 Å². The van der Waals surface area contributed by atoms with E-state index in [2.05, 4.69) is 5.32 Å². The standard InChI is InChI=1S/C14H18N2O2/c17-13-7-4-8-16(10-13)11-14(18)15-9-12-5-2-1-3-6-12/h1-3,5-6H,4,7-11H2,(H,15,18). The Kier molecular flexibility index (Phi) is 4.47. The van der Waals surface area contributed by atoms with Gasteiger partial charge in [-0.2, -0.15) is 0 Å². The topological polar surface area (TPSA) is 49.4 Å². The summed E-state index contributed by atoms with van der Waals surface area (Å²) in [5.41, 5.74) is 1.08. The smallest absolute Gasteiger partial charge is 0.234 e. The average Bonchev–Trinajstić information content (AvgIpc) is 2.38. The molecular formula is C14H18N2O2. The fourth-order valence-electron chi connectivity index (χ4n) is 2.10. The quantitative estimate of drug-likeness (QED) is 0.861. The van der Waals surface area contributed by atoms with Gasteiger partial charge in [0.15, 0.2) is 0 Å². The van der Waals surface area contributed by atoms with E-state index in [1.807, 2.05) is 35.2 Å². The number of nitrogens with zero attached hydrogens (tertiary/aromatic N) is 1. The molecule has 1 aromatic carbocycles. The zero-order chi connectivity index (χ0) is 12.8. The lowest BCUT2D eigenvalue weighted by Crippen LogP contribution is -2.42. The second-order valence-corrected chi connectivity index (χ2v) is 4.62. The summed E-state index contributed by atoms with van der Waals surface area (Å²) < 4.78 is 0. The van der Waals surface area contributed by atoms with Gasteiger partial charge in [-0.05, 0) is 18.5 Å². The molecule has 0 unspecified atom stereocenters. The van der Waals surface area contributed by atoms with Crippen LogP contribution >= 0.6 is 0 Å². The van der Waals surface area contributed by atoms with Gasteiger partial charge in [0.2, 0.25) is 5.91 Å². The fraction of sp³-hybridized carbons (Fsp3) is 0.429. The van der Waals surface area contributed by atoms with Gasteiger partial charge in [-0.1, -0.05) is 30.3 Å². The van der Waals surface area contributed by atoms with Crippen molar-refractivity contribution >= 4 is 11.7 Å². The van der Waals surface area contributed by atoms with E-state index in [0.29, 0.717) is 26.1 Å². The normalized spacial score (nSPS) is 16.6. The van der Waals surface area contributed by atoms with Crippen LogP contribution < -0.4 is 5.32 Å². The molecule has 96 valence electrons. The Morgan fingerprint density at radius 1 is 1.28 bits per heavy atom. The number of ketones is 1. The number of likely N-dealkylation sites (tertiary alicyclic amines) is 1. The molecule has 1 fully saturated rings. The van der Waals surface area contributed by atoms with E-state index in [0.717, 1.165) is 18.5 Å². The maximum atomic E-state index is 11.7. The van der Waals surface area contributed by atoms with Crippen molar-refractivity contribution in [2.45, 2.75) is 19.4 Å². The SMILES string of the molecule is O=C1CCCN(CC(=O)NCc2ccccc2)C1. The van der Waals surface area contributed by atoms with Crippen LogP contribution in [0.3, 0.4) is 0 Å². The summed E-state index contributed by atoms with van der Waals surface area (Å²) in [6, 6.07) is 9.80. The third-order valence-electron chi connectivity index (χ3n) is 3.03. The molecule has 0 spiro atoms. The summed E-state index contributed by atoms with van der Waals surface area (Å²) in [5, 5.41) is 2.87. The van der Waals surface area contributed by atoms with Crippen LogP contribution in [0.15, 0.2) is 30.3 Å². The molecule has 18 heavy (non-hydrogen) atoms. The third kappa shape index (κ3) is 3.96. The van der Waals surface area contributed by atoms with Crippen LogP contribution in [-0.4, -0.2) is 36.2 Å². The molecule has 0 saturated carbocycles. The van der Waals surface area contributed by atoms with E-state index in [9.17, 15) is 9.59 Å². The number of nitrogens with one attached hydrogen (secondary N) is 1. The molecule has 1 aliphatic rings. The van der Waals surface area contributed by atoms with Crippen LogP contribution in [0.5, 0.6) is 0 Å². The summed E-state index contributed by atoms with van der Waals surface area (Å²) >= 11 is 0. The predicted octanol–water partition coefficient (Wildman–Crippen LogP) is 0.968. The molecule has 0 aliphatic carbocycles. The van der Waals surface area contributed by atoms with Gasteiger partial charge in [0.25, 0.3) is 0 Å². The van der Waals surface area contributed by atoms with E-state index < -0.39 is 0 Å². The molecule has 1 aromatic rings. The van der Waals surface area contributed by atoms with Crippen LogP contribution in [0.25, 0.3) is 0 Å². The Morgan fingerprint density at radius 2 is 2.06 bits per heavy atom. The molecule has 1 aliphatic heterocycles. The molecule has 1 N–H and O–H groups in total. The Hall–Kier alpha value is -1.68. The Balaban J connectivity index is 1.73. The highest BCUT2D eigenvalue weighted by atomic mass is 16.2. The minimum absolute atomic E-state index is 0.0199. The van der Waals surface area contributed by atoms with Crippen molar-refractivity contribution in [1.82, 2.24) is 10.2 Å². The maximum Gasteiger partial charge on any atom is 0.234 e. The molecule has 1 saturated heterocycles. The zero-order valence-corrected chi connectivity index (χ0v) is 10.4. The van der Waals surface area contributed by atoms with Gasteiger partial charge in [-0.15, -0.1) is 0 Å². The molecule has 2 rings (SSSR count).